The van der Waals surface area contributed by atoms with Gasteiger partial charge in [0.2, 0.25) is 0 Å². The van der Waals surface area contributed by atoms with E-state index < -0.39 is 0 Å². The van der Waals surface area contributed by atoms with Crippen molar-refractivity contribution in [2.45, 2.75) is 19.3 Å². The van der Waals surface area contributed by atoms with Crippen LogP contribution in [-0.4, -0.2) is 0 Å². The summed E-state index contributed by atoms with van der Waals surface area (Å²) >= 11 is 0. The first kappa shape index (κ1) is 29.8. The minimum atomic E-state index is -0.269. The summed E-state index contributed by atoms with van der Waals surface area (Å²) in [5, 5.41) is 22.3. The smallest absolute Gasteiger partial charge is 0.101 e. The Hall–Kier alpha value is -6.62. The summed E-state index contributed by atoms with van der Waals surface area (Å²) in [5.41, 5.74) is 11.7. The first-order valence-corrected chi connectivity index (χ1v) is 16.4. The van der Waals surface area contributed by atoms with Gasteiger partial charge in [-0.1, -0.05) is 86.6 Å². The van der Waals surface area contributed by atoms with Crippen LogP contribution >= 0.6 is 0 Å². The normalized spacial score (nSPS) is 12.4. The Labute approximate surface area is 287 Å². The molecule has 4 nitrogen and oxygen atoms in total. The molecule has 4 heteroatoms. The van der Waals surface area contributed by atoms with Gasteiger partial charge in [-0.2, -0.15) is 10.5 Å². The minimum Gasteiger partial charge on any atom is -0.309 e. The van der Waals surface area contributed by atoms with Crippen LogP contribution in [0.15, 0.2) is 158 Å². The van der Waals surface area contributed by atoms with E-state index in [1.807, 2.05) is 84.9 Å². The quantitative estimate of drug-likeness (QED) is 0.184. The van der Waals surface area contributed by atoms with Crippen molar-refractivity contribution >= 4 is 44.9 Å². The SMILES string of the molecule is CC1(C)c2cc(N(c3ccccc3)c3ccccc3C#N)ccc2-c2cc3ccc(N(c4ccccc4)c4ccccc4C#N)cc3cc21. The molecule has 1 aliphatic rings. The largest absolute Gasteiger partial charge is 0.309 e. The molecule has 0 atom stereocenters. The van der Waals surface area contributed by atoms with Crippen molar-refractivity contribution in [3.63, 3.8) is 0 Å². The Bertz CT molecular complexity index is 2450. The maximum Gasteiger partial charge on any atom is 0.101 e. The number of rotatable bonds is 6. The van der Waals surface area contributed by atoms with Gasteiger partial charge in [-0.3, -0.25) is 0 Å². The molecule has 0 saturated heterocycles. The number of hydrogen-bond acceptors (Lipinski definition) is 4. The molecule has 0 fully saturated rings. The molecule has 0 saturated carbocycles. The first-order valence-electron chi connectivity index (χ1n) is 16.4. The van der Waals surface area contributed by atoms with Gasteiger partial charge in [0.05, 0.1) is 22.5 Å². The van der Waals surface area contributed by atoms with Crippen LogP contribution in [0.3, 0.4) is 0 Å². The van der Waals surface area contributed by atoms with Crippen LogP contribution in [0.25, 0.3) is 21.9 Å². The fourth-order valence-electron chi connectivity index (χ4n) is 7.27. The van der Waals surface area contributed by atoms with Crippen LogP contribution in [0.1, 0.15) is 36.1 Å². The number of nitriles is 2. The lowest BCUT2D eigenvalue weighted by Gasteiger charge is -2.28. The van der Waals surface area contributed by atoms with E-state index in [4.69, 9.17) is 0 Å². The third-order valence-corrected chi connectivity index (χ3v) is 9.68. The molecule has 232 valence electrons. The number of hydrogen-bond donors (Lipinski definition) is 0. The Kier molecular flexibility index (Phi) is 7.21. The first-order chi connectivity index (χ1) is 24.0. The van der Waals surface area contributed by atoms with Crippen molar-refractivity contribution in [3.8, 4) is 23.3 Å². The average Bonchev–Trinajstić information content (AvgIpc) is 3.37. The maximum absolute atomic E-state index is 10.0. The molecule has 0 radical (unpaired) electrons. The molecule has 0 bridgehead atoms. The van der Waals surface area contributed by atoms with E-state index in [-0.39, 0.29) is 5.41 Å². The van der Waals surface area contributed by atoms with Gasteiger partial charge in [0.1, 0.15) is 12.1 Å². The fraction of sp³-hybridized carbons (Fsp3) is 0.0667. The van der Waals surface area contributed by atoms with Gasteiger partial charge < -0.3 is 9.80 Å². The van der Waals surface area contributed by atoms with Crippen LogP contribution in [0.2, 0.25) is 0 Å². The zero-order valence-electron chi connectivity index (χ0n) is 27.3. The highest BCUT2D eigenvalue weighted by Gasteiger charge is 2.36. The zero-order valence-corrected chi connectivity index (χ0v) is 27.3. The second-order valence-corrected chi connectivity index (χ2v) is 12.9. The van der Waals surface area contributed by atoms with E-state index in [1.54, 1.807) is 0 Å². The second-order valence-electron chi connectivity index (χ2n) is 12.9. The summed E-state index contributed by atoms with van der Waals surface area (Å²) in [6, 6.07) is 58.7. The predicted molar refractivity (Wildman–Crippen MR) is 200 cm³/mol. The third kappa shape index (κ3) is 4.99. The van der Waals surface area contributed by atoms with Crippen molar-refractivity contribution in [2.75, 3.05) is 9.80 Å². The highest BCUT2D eigenvalue weighted by Crippen LogP contribution is 2.52. The molecule has 0 unspecified atom stereocenters. The Morgan fingerprint density at radius 1 is 0.429 bits per heavy atom. The summed E-state index contributed by atoms with van der Waals surface area (Å²) in [7, 11) is 0. The van der Waals surface area contributed by atoms with Crippen molar-refractivity contribution in [1.29, 1.82) is 10.5 Å². The van der Waals surface area contributed by atoms with Gasteiger partial charge in [-0.15, -0.1) is 0 Å². The maximum atomic E-state index is 10.0. The van der Waals surface area contributed by atoms with Gasteiger partial charge in [-0.05, 0) is 118 Å². The monoisotopic (exact) mass is 628 g/mol. The molecule has 0 spiro atoms. The summed E-state index contributed by atoms with van der Waals surface area (Å²) in [5.74, 6) is 0. The second kappa shape index (κ2) is 11.9. The van der Waals surface area contributed by atoms with Gasteiger partial charge in [0.25, 0.3) is 0 Å². The van der Waals surface area contributed by atoms with Crippen molar-refractivity contribution in [2.24, 2.45) is 0 Å². The Balaban J connectivity index is 1.26. The zero-order chi connectivity index (χ0) is 33.5. The summed E-state index contributed by atoms with van der Waals surface area (Å²) < 4.78 is 0. The third-order valence-electron chi connectivity index (χ3n) is 9.68. The molecular weight excluding hydrogens is 597 g/mol. The Morgan fingerprint density at radius 2 is 0.918 bits per heavy atom. The molecule has 0 heterocycles. The van der Waals surface area contributed by atoms with Gasteiger partial charge >= 0.3 is 0 Å². The van der Waals surface area contributed by atoms with Crippen molar-refractivity contribution < 1.29 is 0 Å². The molecule has 49 heavy (non-hydrogen) atoms. The highest BCUT2D eigenvalue weighted by atomic mass is 15.1. The molecule has 0 aromatic heterocycles. The van der Waals surface area contributed by atoms with Crippen molar-refractivity contribution in [3.05, 3.63) is 180 Å². The molecule has 0 aliphatic heterocycles. The molecule has 7 aromatic rings. The van der Waals surface area contributed by atoms with E-state index in [1.165, 1.54) is 22.3 Å². The van der Waals surface area contributed by atoms with Crippen LogP contribution in [0.5, 0.6) is 0 Å². The lowest BCUT2D eigenvalue weighted by Crippen LogP contribution is -2.17. The number of anilines is 6. The van der Waals surface area contributed by atoms with E-state index in [9.17, 15) is 10.5 Å². The van der Waals surface area contributed by atoms with Gasteiger partial charge in [0, 0.05) is 28.2 Å². The Morgan fingerprint density at radius 3 is 1.49 bits per heavy atom. The predicted octanol–water partition coefficient (Wildman–Crippen LogP) is 11.8. The molecule has 7 aromatic carbocycles. The van der Waals surface area contributed by atoms with Gasteiger partial charge in [-0.25, -0.2) is 0 Å². The number of para-hydroxylation sites is 4. The fourth-order valence-corrected chi connectivity index (χ4v) is 7.27. The summed E-state index contributed by atoms with van der Waals surface area (Å²) in [4.78, 5) is 4.34. The molecule has 0 amide bonds. The highest BCUT2D eigenvalue weighted by molar-refractivity contribution is 5.97. The molecule has 1 aliphatic carbocycles. The summed E-state index contributed by atoms with van der Waals surface area (Å²) in [6.45, 7) is 4.60. The van der Waals surface area contributed by atoms with E-state index in [0.29, 0.717) is 11.1 Å². The van der Waals surface area contributed by atoms with Crippen molar-refractivity contribution in [1.82, 2.24) is 0 Å². The van der Waals surface area contributed by atoms with E-state index >= 15 is 0 Å². The standard InChI is InChI=1S/C45H32N4/c1-45(2)41-27-34-25-37(48(35-15-5-3-6-16-35)43-19-11-9-13-32(43)29-46)22-21-31(34)26-40(41)39-24-23-38(28-42(39)45)49(36-17-7-4-8-18-36)44-20-12-10-14-33(44)30-47/h3-28H,1-2H3. The van der Waals surface area contributed by atoms with Crippen LogP contribution in [-0.2, 0) is 5.41 Å². The molecular formula is C45H32N4. The van der Waals surface area contributed by atoms with E-state index in [2.05, 4.69) is 109 Å². The van der Waals surface area contributed by atoms with Crippen LogP contribution < -0.4 is 9.80 Å². The summed E-state index contributed by atoms with van der Waals surface area (Å²) in [6.07, 6.45) is 0. The van der Waals surface area contributed by atoms with Gasteiger partial charge in [0.15, 0.2) is 0 Å². The number of fused-ring (bicyclic) bond motifs is 4. The number of nitrogens with zero attached hydrogens (tertiary/aromatic N) is 4. The molecule has 8 rings (SSSR count). The minimum absolute atomic E-state index is 0.269. The van der Waals surface area contributed by atoms with Crippen LogP contribution in [0, 0.1) is 22.7 Å². The molecule has 0 N–H and O–H groups in total. The lowest BCUT2D eigenvalue weighted by atomic mass is 9.81. The number of benzene rings is 7. The topological polar surface area (TPSA) is 54.1 Å². The van der Waals surface area contributed by atoms with Crippen LogP contribution in [0.4, 0.5) is 34.1 Å². The lowest BCUT2D eigenvalue weighted by molar-refractivity contribution is 0.661. The average molecular weight is 629 g/mol. The van der Waals surface area contributed by atoms with E-state index in [0.717, 1.165) is 44.9 Å².